The minimum absolute atomic E-state index is 0.249. The zero-order chi connectivity index (χ0) is 40.4. The van der Waals surface area contributed by atoms with Crippen LogP contribution in [0, 0.1) is 0 Å². The van der Waals surface area contributed by atoms with Gasteiger partial charge in [-0.1, -0.05) is 102 Å². The fourth-order valence-electron chi connectivity index (χ4n) is 6.09. The molecule has 0 spiro atoms. The summed E-state index contributed by atoms with van der Waals surface area (Å²) in [6.45, 7) is 15.6. The number of esters is 1. The van der Waals surface area contributed by atoms with Gasteiger partial charge >= 0.3 is 5.97 Å². The summed E-state index contributed by atoms with van der Waals surface area (Å²) in [5.41, 5.74) is 6.43. The minimum Gasteiger partial charge on any atom is -0.493 e. The van der Waals surface area contributed by atoms with Gasteiger partial charge in [-0.05, 0) is 78.5 Å². The van der Waals surface area contributed by atoms with Crippen molar-refractivity contribution in [1.82, 2.24) is 0 Å². The highest BCUT2D eigenvalue weighted by molar-refractivity contribution is 5.97. The first-order valence-electron chi connectivity index (χ1n) is 20.6. The topological polar surface area (TPSA) is 81.7 Å². The molecule has 8 heteroatoms. The van der Waals surface area contributed by atoms with Crippen molar-refractivity contribution < 1.29 is 38.0 Å². The highest BCUT2D eigenvalue weighted by Gasteiger charge is 2.24. The van der Waals surface area contributed by atoms with Crippen molar-refractivity contribution >= 4 is 5.97 Å². The van der Waals surface area contributed by atoms with Crippen LogP contribution >= 0.6 is 0 Å². The molecule has 0 aliphatic rings. The standard InChI is InChI=1S/C49H58O8/c1-7-25-51-41-31-43(53-27-9-3)47(44(32-41)54-28-10-4)39-19-17-37(18-20-39)35-13-15-36(16-14-35)38-21-23-40(24-22-38)57-49(50)48-45(55-29-11-5)33-42(52-26-8-2)34-46(48)56-30-12-6/h13-24,31-34H,7-12,25-30H2,1-6H3. The molecular formula is C49H58O8. The van der Waals surface area contributed by atoms with Crippen LogP contribution in [0.5, 0.6) is 40.2 Å². The van der Waals surface area contributed by atoms with Crippen molar-refractivity contribution in [2.45, 2.75) is 80.1 Å². The fraction of sp³-hybridized carbons (Fsp3) is 0.367. The Morgan fingerprint density at radius 3 is 1.04 bits per heavy atom. The van der Waals surface area contributed by atoms with E-state index in [2.05, 4.69) is 69.3 Å². The number of hydrogen-bond acceptors (Lipinski definition) is 8. The molecule has 5 aromatic carbocycles. The van der Waals surface area contributed by atoms with Gasteiger partial charge in [-0.25, -0.2) is 4.79 Å². The summed E-state index contributed by atoms with van der Waals surface area (Å²) in [6, 6.07) is 31.9. The molecule has 5 rings (SSSR count). The lowest BCUT2D eigenvalue weighted by Gasteiger charge is -2.19. The summed E-state index contributed by atoms with van der Waals surface area (Å²) in [7, 11) is 0. The molecule has 8 nitrogen and oxygen atoms in total. The van der Waals surface area contributed by atoms with Crippen molar-refractivity contribution in [3.05, 3.63) is 103 Å². The number of rotatable bonds is 23. The summed E-state index contributed by atoms with van der Waals surface area (Å²) < 4.78 is 42.3. The second kappa shape index (κ2) is 22.2. The van der Waals surface area contributed by atoms with Crippen LogP contribution in [0.1, 0.15) is 90.4 Å². The molecule has 57 heavy (non-hydrogen) atoms. The number of carbonyl (C=O) groups is 1. The molecule has 0 fully saturated rings. The molecule has 0 saturated heterocycles. The minimum atomic E-state index is -0.551. The van der Waals surface area contributed by atoms with E-state index in [4.69, 9.17) is 33.2 Å². The first kappa shape index (κ1) is 42.5. The summed E-state index contributed by atoms with van der Waals surface area (Å²) in [5, 5.41) is 0. The van der Waals surface area contributed by atoms with E-state index in [9.17, 15) is 4.79 Å². The van der Waals surface area contributed by atoms with Crippen molar-refractivity contribution in [2.24, 2.45) is 0 Å². The van der Waals surface area contributed by atoms with Gasteiger partial charge in [-0.15, -0.1) is 0 Å². The molecule has 0 radical (unpaired) electrons. The zero-order valence-corrected chi connectivity index (χ0v) is 34.5. The number of hydrogen-bond donors (Lipinski definition) is 0. The third-order valence-corrected chi connectivity index (χ3v) is 8.87. The highest BCUT2D eigenvalue weighted by Crippen LogP contribution is 2.43. The Labute approximate surface area is 339 Å². The number of ether oxygens (including phenoxy) is 7. The lowest BCUT2D eigenvalue weighted by Crippen LogP contribution is -2.14. The van der Waals surface area contributed by atoms with Gasteiger partial charge in [-0.2, -0.15) is 0 Å². The van der Waals surface area contributed by atoms with Gasteiger partial charge in [0.2, 0.25) is 0 Å². The Morgan fingerprint density at radius 1 is 0.368 bits per heavy atom. The Balaban J connectivity index is 1.33. The number of carbonyl (C=O) groups excluding carboxylic acids is 1. The lowest BCUT2D eigenvalue weighted by atomic mass is 9.97. The summed E-state index contributed by atoms with van der Waals surface area (Å²) in [4.78, 5) is 13.7. The smallest absolute Gasteiger partial charge is 0.351 e. The van der Waals surface area contributed by atoms with Crippen LogP contribution in [0.4, 0.5) is 0 Å². The molecule has 0 saturated carbocycles. The first-order chi connectivity index (χ1) is 27.9. The van der Waals surface area contributed by atoms with Gasteiger partial charge in [0.05, 0.1) is 45.2 Å². The molecule has 0 atom stereocenters. The first-order valence-corrected chi connectivity index (χ1v) is 20.6. The molecule has 0 heterocycles. The van der Waals surface area contributed by atoms with Crippen LogP contribution in [-0.4, -0.2) is 45.6 Å². The molecule has 0 amide bonds. The zero-order valence-electron chi connectivity index (χ0n) is 34.5. The average Bonchev–Trinajstić information content (AvgIpc) is 3.24. The summed E-state index contributed by atoms with van der Waals surface area (Å²) in [5.74, 6) is 3.51. The maximum atomic E-state index is 13.7. The van der Waals surface area contributed by atoms with E-state index in [-0.39, 0.29) is 5.56 Å². The SMILES string of the molecule is CCCOc1cc(OCCC)c(C(=O)Oc2ccc(-c3ccc(-c4ccc(-c5c(OCCC)cc(OCCC)cc5OCCC)cc4)cc3)cc2)c(OCCC)c1. The van der Waals surface area contributed by atoms with Crippen LogP contribution in [0.2, 0.25) is 0 Å². The predicted molar refractivity (Wildman–Crippen MR) is 229 cm³/mol. The van der Waals surface area contributed by atoms with E-state index in [0.717, 1.165) is 89.2 Å². The predicted octanol–water partition coefficient (Wildman–Crippen LogP) is 12.6. The van der Waals surface area contributed by atoms with Crippen LogP contribution in [0.3, 0.4) is 0 Å². The van der Waals surface area contributed by atoms with Gasteiger partial charge in [-0.3, -0.25) is 0 Å². The van der Waals surface area contributed by atoms with Crippen LogP contribution < -0.4 is 33.2 Å². The Bertz CT molecular complexity index is 1930. The van der Waals surface area contributed by atoms with Crippen LogP contribution in [0.15, 0.2) is 97.1 Å². The van der Waals surface area contributed by atoms with Crippen molar-refractivity contribution in [2.75, 3.05) is 39.6 Å². The molecule has 0 aliphatic carbocycles. The van der Waals surface area contributed by atoms with Crippen molar-refractivity contribution in [1.29, 1.82) is 0 Å². The Hall–Kier alpha value is -5.63. The molecular weight excluding hydrogens is 717 g/mol. The molecule has 5 aromatic rings. The van der Waals surface area contributed by atoms with Gasteiger partial charge < -0.3 is 33.2 Å². The van der Waals surface area contributed by atoms with E-state index >= 15 is 0 Å². The molecule has 0 N–H and O–H groups in total. The third kappa shape index (κ3) is 11.7. The molecule has 0 aromatic heterocycles. The fourth-order valence-corrected chi connectivity index (χ4v) is 6.09. The molecule has 0 aliphatic heterocycles. The van der Waals surface area contributed by atoms with Gasteiger partial charge in [0, 0.05) is 24.3 Å². The van der Waals surface area contributed by atoms with Crippen LogP contribution in [-0.2, 0) is 0 Å². The Morgan fingerprint density at radius 2 is 0.667 bits per heavy atom. The summed E-state index contributed by atoms with van der Waals surface area (Å²) in [6.07, 6.45) is 5.13. The molecule has 0 unspecified atom stereocenters. The van der Waals surface area contributed by atoms with Gasteiger partial charge in [0.25, 0.3) is 0 Å². The van der Waals surface area contributed by atoms with Gasteiger partial charge in [0.1, 0.15) is 45.8 Å². The largest absolute Gasteiger partial charge is 0.493 e. The van der Waals surface area contributed by atoms with E-state index < -0.39 is 5.97 Å². The van der Waals surface area contributed by atoms with E-state index in [0.29, 0.717) is 62.6 Å². The maximum absolute atomic E-state index is 13.7. The highest BCUT2D eigenvalue weighted by atomic mass is 16.5. The summed E-state index contributed by atoms with van der Waals surface area (Å²) >= 11 is 0. The quantitative estimate of drug-likeness (QED) is 0.0479. The van der Waals surface area contributed by atoms with E-state index in [1.54, 1.807) is 24.3 Å². The monoisotopic (exact) mass is 774 g/mol. The van der Waals surface area contributed by atoms with E-state index in [1.807, 2.05) is 45.0 Å². The van der Waals surface area contributed by atoms with Crippen molar-refractivity contribution in [3.8, 4) is 73.6 Å². The second-order valence-electron chi connectivity index (χ2n) is 13.7. The van der Waals surface area contributed by atoms with Crippen molar-refractivity contribution in [3.63, 3.8) is 0 Å². The average molecular weight is 775 g/mol. The molecule has 302 valence electrons. The van der Waals surface area contributed by atoms with E-state index in [1.165, 1.54) is 0 Å². The normalized spacial score (nSPS) is 10.8. The number of benzene rings is 5. The third-order valence-electron chi connectivity index (χ3n) is 8.87. The van der Waals surface area contributed by atoms with Crippen LogP contribution in [0.25, 0.3) is 33.4 Å². The second-order valence-corrected chi connectivity index (χ2v) is 13.7. The molecule has 0 bridgehead atoms. The Kier molecular flexibility index (Phi) is 16.6. The maximum Gasteiger partial charge on any atom is 0.351 e. The lowest BCUT2D eigenvalue weighted by molar-refractivity contribution is 0.0725. The van der Waals surface area contributed by atoms with Gasteiger partial charge in [0.15, 0.2) is 0 Å².